The van der Waals surface area contributed by atoms with Gasteiger partial charge in [-0.2, -0.15) is 5.11 Å². The number of anilines is 1. The molecule has 4 aromatic rings. The van der Waals surface area contributed by atoms with Crippen molar-refractivity contribution in [1.29, 1.82) is 0 Å². The third kappa shape index (κ3) is 3.90. The van der Waals surface area contributed by atoms with Gasteiger partial charge in [0.05, 0.1) is 11.4 Å². The minimum atomic E-state index is -0.178. The van der Waals surface area contributed by atoms with Crippen molar-refractivity contribution in [3.05, 3.63) is 103 Å². The molecule has 4 aromatic carbocycles. The molecule has 1 amide bonds. The fourth-order valence-electron chi connectivity index (χ4n) is 2.84. The van der Waals surface area contributed by atoms with Crippen LogP contribution in [0.2, 0.25) is 0 Å². The molecule has 0 saturated heterocycles. The molecule has 130 valence electrons. The lowest BCUT2D eigenvalue weighted by Gasteiger charge is -2.08. The molecule has 0 radical (unpaired) electrons. The van der Waals surface area contributed by atoms with E-state index in [-0.39, 0.29) is 5.91 Å². The van der Waals surface area contributed by atoms with Crippen LogP contribution in [0.4, 0.5) is 17.1 Å². The second-order valence-electron chi connectivity index (χ2n) is 6.07. The number of amides is 1. The quantitative estimate of drug-likeness (QED) is 0.419. The summed E-state index contributed by atoms with van der Waals surface area (Å²) in [7, 11) is 0. The summed E-state index contributed by atoms with van der Waals surface area (Å²) in [6.45, 7) is 0. The second-order valence-corrected chi connectivity index (χ2v) is 6.07. The Balaban J connectivity index is 1.72. The number of nitrogens with one attached hydrogen (secondary N) is 1. The highest BCUT2D eigenvalue weighted by atomic mass is 16.1. The number of nitrogens with zero attached hydrogens (tertiary/aromatic N) is 2. The van der Waals surface area contributed by atoms with E-state index in [0.717, 1.165) is 22.1 Å². The first-order valence-electron chi connectivity index (χ1n) is 8.65. The molecular formula is C23H17N3O. The van der Waals surface area contributed by atoms with E-state index >= 15 is 0 Å². The summed E-state index contributed by atoms with van der Waals surface area (Å²) in [4.78, 5) is 12.7. The van der Waals surface area contributed by atoms with Gasteiger partial charge in [-0.05, 0) is 41.8 Å². The van der Waals surface area contributed by atoms with Gasteiger partial charge in [-0.1, -0.05) is 60.7 Å². The predicted molar refractivity (Wildman–Crippen MR) is 109 cm³/mol. The molecule has 0 aliphatic rings. The molecule has 0 aliphatic heterocycles. The fourth-order valence-corrected chi connectivity index (χ4v) is 2.84. The van der Waals surface area contributed by atoms with Crippen molar-refractivity contribution in [2.75, 3.05) is 5.32 Å². The van der Waals surface area contributed by atoms with E-state index in [9.17, 15) is 4.79 Å². The summed E-state index contributed by atoms with van der Waals surface area (Å²) in [5.41, 5.74) is 2.72. The summed E-state index contributed by atoms with van der Waals surface area (Å²) in [5.74, 6) is -0.178. The van der Waals surface area contributed by atoms with Gasteiger partial charge in [-0.3, -0.25) is 4.79 Å². The minimum Gasteiger partial charge on any atom is -0.322 e. The molecule has 0 heterocycles. The Morgan fingerprint density at radius 1 is 0.704 bits per heavy atom. The van der Waals surface area contributed by atoms with Crippen LogP contribution in [0.3, 0.4) is 0 Å². The number of carbonyl (C=O) groups is 1. The fraction of sp³-hybridized carbons (Fsp3) is 0. The van der Waals surface area contributed by atoms with Crippen LogP contribution < -0.4 is 5.32 Å². The molecule has 0 fully saturated rings. The summed E-state index contributed by atoms with van der Waals surface area (Å²) in [5, 5.41) is 13.5. The Hall–Kier alpha value is -3.79. The highest BCUT2D eigenvalue weighted by molar-refractivity contribution is 6.08. The lowest BCUT2D eigenvalue weighted by Crippen LogP contribution is -2.11. The van der Waals surface area contributed by atoms with Crippen molar-refractivity contribution in [2.24, 2.45) is 10.2 Å². The van der Waals surface area contributed by atoms with Crippen LogP contribution in [-0.2, 0) is 0 Å². The molecule has 4 nitrogen and oxygen atoms in total. The molecule has 1 N–H and O–H groups in total. The van der Waals surface area contributed by atoms with E-state index < -0.39 is 0 Å². The normalized spacial score (nSPS) is 11.0. The van der Waals surface area contributed by atoms with Gasteiger partial charge in [0.1, 0.15) is 0 Å². The van der Waals surface area contributed by atoms with Crippen molar-refractivity contribution >= 4 is 33.7 Å². The average Bonchev–Trinajstić information content (AvgIpc) is 2.73. The molecule has 0 unspecified atom stereocenters. The van der Waals surface area contributed by atoms with E-state index in [2.05, 4.69) is 15.5 Å². The van der Waals surface area contributed by atoms with E-state index in [1.807, 2.05) is 91.0 Å². The highest BCUT2D eigenvalue weighted by Gasteiger charge is 2.10. The van der Waals surface area contributed by atoms with Crippen molar-refractivity contribution in [1.82, 2.24) is 0 Å². The Morgan fingerprint density at radius 3 is 2.15 bits per heavy atom. The molecule has 0 bridgehead atoms. The van der Waals surface area contributed by atoms with E-state index in [4.69, 9.17) is 0 Å². The first kappa shape index (κ1) is 16.7. The van der Waals surface area contributed by atoms with E-state index in [1.165, 1.54) is 0 Å². The molecule has 0 atom stereocenters. The van der Waals surface area contributed by atoms with Crippen molar-refractivity contribution < 1.29 is 4.79 Å². The lowest BCUT2D eigenvalue weighted by atomic mass is 10.0. The molecule has 4 heteroatoms. The van der Waals surface area contributed by atoms with Crippen molar-refractivity contribution in [2.45, 2.75) is 0 Å². The number of rotatable bonds is 4. The Labute approximate surface area is 157 Å². The number of benzene rings is 4. The average molecular weight is 351 g/mol. The van der Waals surface area contributed by atoms with Crippen LogP contribution >= 0.6 is 0 Å². The van der Waals surface area contributed by atoms with Gasteiger partial charge in [-0.15, -0.1) is 5.11 Å². The molecule has 0 saturated carbocycles. The van der Waals surface area contributed by atoms with E-state index in [0.29, 0.717) is 11.3 Å². The maximum atomic E-state index is 12.7. The van der Waals surface area contributed by atoms with E-state index in [1.54, 1.807) is 6.07 Å². The lowest BCUT2D eigenvalue weighted by molar-refractivity contribution is 0.102. The standard InChI is InChI=1S/C23H17N3O/c27-23(24-19-10-3-1-4-11-19)18-15-17-9-7-8-14-21(17)22(16-18)26-25-20-12-5-2-6-13-20/h1-16H,(H,24,27). The number of para-hydroxylation sites is 1. The topological polar surface area (TPSA) is 53.8 Å². The van der Waals surface area contributed by atoms with Crippen LogP contribution in [0, 0.1) is 0 Å². The predicted octanol–water partition coefficient (Wildman–Crippen LogP) is 6.51. The van der Waals surface area contributed by atoms with Gasteiger partial charge in [0.25, 0.3) is 5.91 Å². The smallest absolute Gasteiger partial charge is 0.255 e. The third-order valence-electron chi connectivity index (χ3n) is 4.16. The first-order chi connectivity index (χ1) is 13.3. The van der Waals surface area contributed by atoms with Crippen LogP contribution in [0.5, 0.6) is 0 Å². The summed E-state index contributed by atoms with van der Waals surface area (Å²) >= 11 is 0. The van der Waals surface area contributed by atoms with Gasteiger partial charge in [0.15, 0.2) is 0 Å². The molecule has 4 rings (SSSR count). The number of hydrogen-bond acceptors (Lipinski definition) is 3. The van der Waals surface area contributed by atoms with Crippen molar-refractivity contribution in [3.63, 3.8) is 0 Å². The summed E-state index contributed by atoms with van der Waals surface area (Å²) < 4.78 is 0. The van der Waals surface area contributed by atoms with Crippen LogP contribution in [-0.4, -0.2) is 5.91 Å². The van der Waals surface area contributed by atoms with Crippen LogP contribution in [0.1, 0.15) is 10.4 Å². The van der Waals surface area contributed by atoms with Gasteiger partial charge >= 0.3 is 0 Å². The molecular weight excluding hydrogens is 334 g/mol. The molecule has 0 spiro atoms. The monoisotopic (exact) mass is 351 g/mol. The SMILES string of the molecule is O=C(Nc1ccccc1)c1cc(N=Nc2ccccc2)c2ccccc2c1. The first-order valence-corrected chi connectivity index (χ1v) is 8.65. The second kappa shape index (κ2) is 7.62. The zero-order chi connectivity index (χ0) is 18.5. The molecule has 0 aromatic heterocycles. The Kier molecular flexibility index (Phi) is 4.70. The molecule has 27 heavy (non-hydrogen) atoms. The van der Waals surface area contributed by atoms with Gasteiger partial charge < -0.3 is 5.32 Å². The maximum absolute atomic E-state index is 12.7. The highest BCUT2D eigenvalue weighted by Crippen LogP contribution is 2.30. The zero-order valence-electron chi connectivity index (χ0n) is 14.5. The number of azo groups is 1. The van der Waals surface area contributed by atoms with Gasteiger partial charge in [-0.25, -0.2) is 0 Å². The summed E-state index contributed by atoms with van der Waals surface area (Å²) in [6.07, 6.45) is 0. The van der Waals surface area contributed by atoms with Crippen LogP contribution in [0.25, 0.3) is 10.8 Å². The molecule has 0 aliphatic carbocycles. The number of carbonyl (C=O) groups excluding carboxylic acids is 1. The number of fused-ring (bicyclic) bond motifs is 1. The Bertz CT molecular complexity index is 1110. The number of hydrogen-bond donors (Lipinski definition) is 1. The van der Waals surface area contributed by atoms with Crippen LogP contribution in [0.15, 0.2) is 107 Å². The van der Waals surface area contributed by atoms with Gasteiger partial charge in [0.2, 0.25) is 0 Å². The third-order valence-corrected chi connectivity index (χ3v) is 4.16. The largest absolute Gasteiger partial charge is 0.322 e. The van der Waals surface area contributed by atoms with Crippen molar-refractivity contribution in [3.8, 4) is 0 Å². The maximum Gasteiger partial charge on any atom is 0.255 e. The van der Waals surface area contributed by atoms with Gasteiger partial charge in [0, 0.05) is 16.6 Å². The minimum absolute atomic E-state index is 0.178. The Morgan fingerprint density at radius 2 is 1.37 bits per heavy atom. The summed E-state index contributed by atoms with van der Waals surface area (Å²) in [6, 6.07) is 30.4. The zero-order valence-corrected chi connectivity index (χ0v) is 14.5.